The molecular formula is C9H11FN2. The second-order valence-electron chi connectivity index (χ2n) is 2.36. The Bertz CT molecular complexity index is 254. The Morgan fingerprint density at radius 2 is 2.00 bits per heavy atom. The number of rotatable bonds is 3. The maximum absolute atomic E-state index is 12.4. The van der Waals surface area contributed by atoms with E-state index in [0.717, 1.165) is 5.56 Å². The highest BCUT2D eigenvalue weighted by atomic mass is 19.1. The molecule has 1 rings (SSSR count). The lowest BCUT2D eigenvalue weighted by molar-refractivity contribution is 0.628. The van der Waals surface area contributed by atoms with Crippen LogP contribution in [0.2, 0.25) is 0 Å². The normalized spacial score (nSPS) is 10.8. The van der Waals surface area contributed by atoms with E-state index in [1.807, 2.05) is 12.2 Å². The largest absolute Gasteiger partial charge is 0.271 e. The molecule has 12 heavy (non-hydrogen) atoms. The molecule has 0 bridgehead atoms. The van der Waals surface area contributed by atoms with Gasteiger partial charge in [0.1, 0.15) is 5.82 Å². The van der Waals surface area contributed by atoms with Crippen molar-refractivity contribution in [1.82, 2.24) is 5.43 Å². The first kappa shape index (κ1) is 8.90. The molecule has 0 aliphatic rings. The van der Waals surface area contributed by atoms with Gasteiger partial charge in [0, 0.05) is 6.54 Å². The van der Waals surface area contributed by atoms with Crippen LogP contribution in [-0.2, 0) is 0 Å². The van der Waals surface area contributed by atoms with Crippen LogP contribution < -0.4 is 11.3 Å². The first-order valence-electron chi connectivity index (χ1n) is 3.68. The lowest BCUT2D eigenvalue weighted by atomic mass is 10.2. The molecule has 0 aromatic heterocycles. The minimum absolute atomic E-state index is 0.218. The monoisotopic (exact) mass is 166 g/mol. The van der Waals surface area contributed by atoms with Crippen molar-refractivity contribution < 1.29 is 4.39 Å². The van der Waals surface area contributed by atoms with Gasteiger partial charge in [0.25, 0.3) is 0 Å². The summed E-state index contributed by atoms with van der Waals surface area (Å²) in [4.78, 5) is 0. The summed E-state index contributed by atoms with van der Waals surface area (Å²) in [5.41, 5.74) is 3.45. The highest BCUT2D eigenvalue weighted by Gasteiger charge is 1.87. The molecule has 1 aromatic carbocycles. The zero-order valence-electron chi connectivity index (χ0n) is 6.63. The van der Waals surface area contributed by atoms with E-state index < -0.39 is 0 Å². The summed E-state index contributed by atoms with van der Waals surface area (Å²) in [6, 6.07) is 6.27. The fourth-order valence-electron chi connectivity index (χ4n) is 0.837. The number of hydrogen-bond donors (Lipinski definition) is 2. The van der Waals surface area contributed by atoms with Gasteiger partial charge in [0.05, 0.1) is 0 Å². The highest BCUT2D eigenvalue weighted by molar-refractivity contribution is 5.48. The van der Waals surface area contributed by atoms with Crippen molar-refractivity contribution in [3.8, 4) is 0 Å². The predicted molar refractivity (Wildman–Crippen MR) is 47.6 cm³/mol. The Morgan fingerprint density at radius 3 is 2.58 bits per heavy atom. The van der Waals surface area contributed by atoms with E-state index in [0.29, 0.717) is 6.54 Å². The Hall–Kier alpha value is -1.19. The minimum atomic E-state index is -0.218. The number of nitrogens with two attached hydrogens (primary N) is 1. The van der Waals surface area contributed by atoms with Crippen molar-refractivity contribution in [3.63, 3.8) is 0 Å². The molecule has 1 aromatic rings. The quantitative estimate of drug-likeness (QED) is 0.524. The maximum Gasteiger partial charge on any atom is 0.123 e. The van der Waals surface area contributed by atoms with Crippen molar-refractivity contribution in [2.45, 2.75) is 0 Å². The molecule has 64 valence electrons. The van der Waals surface area contributed by atoms with Gasteiger partial charge in [-0.1, -0.05) is 24.3 Å². The SMILES string of the molecule is NNCC=Cc1ccc(F)cc1. The van der Waals surface area contributed by atoms with Crippen molar-refractivity contribution in [3.05, 3.63) is 41.7 Å². The standard InChI is InChI=1S/C9H11FN2/c10-9-5-3-8(4-6-9)2-1-7-12-11/h1-6,12H,7,11H2. The molecule has 0 unspecified atom stereocenters. The van der Waals surface area contributed by atoms with Crippen LogP contribution in [0.3, 0.4) is 0 Å². The van der Waals surface area contributed by atoms with Crippen LogP contribution in [0.1, 0.15) is 5.56 Å². The molecule has 0 radical (unpaired) electrons. The zero-order chi connectivity index (χ0) is 8.81. The van der Waals surface area contributed by atoms with Crippen LogP contribution in [-0.4, -0.2) is 6.54 Å². The summed E-state index contributed by atoms with van der Waals surface area (Å²) >= 11 is 0. The average molecular weight is 166 g/mol. The van der Waals surface area contributed by atoms with Gasteiger partial charge in [-0.3, -0.25) is 11.3 Å². The smallest absolute Gasteiger partial charge is 0.123 e. The third-order valence-electron chi connectivity index (χ3n) is 1.42. The van der Waals surface area contributed by atoms with E-state index in [-0.39, 0.29) is 5.82 Å². The summed E-state index contributed by atoms with van der Waals surface area (Å²) in [6.07, 6.45) is 3.74. The number of halogens is 1. The first-order valence-corrected chi connectivity index (χ1v) is 3.68. The van der Waals surface area contributed by atoms with E-state index in [9.17, 15) is 4.39 Å². The van der Waals surface area contributed by atoms with Crippen molar-refractivity contribution in [1.29, 1.82) is 0 Å². The molecule has 0 saturated carbocycles. The molecule has 0 atom stereocenters. The molecule has 0 aliphatic carbocycles. The van der Waals surface area contributed by atoms with E-state index in [1.165, 1.54) is 12.1 Å². The molecular weight excluding hydrogens is 155 g/mol. The summed E-state index contributed by atoms with van der Waals surface area (Å²) < 4.78 is 12.4. The molecule has 0 heterocycles. The van der Waals surface area contributed by atoms with Crippen LogP contribution in [0.25, 0.3) is 6.08 Å². The number of benzene rings is 1. The molecule has 0 amide bonds. The van der Waals surface area contributed by atoms with Gasteiger partial charge >= 0.3 is 0 Å². The van der Waals surface area contributed by atoms with Gasteiger partial charge in [0.15, 0.2) is 0 Å². The first-order chi connectivity index (χ1) is 5.83. The summed E-state index contributed by atoms with van der Waals surface area (Å²) in [7, 11) is 0. The average Bonchev–Trinajstić information content (AvgIpc) is 2.09. The fourth-order valence-corrected chi connectivity index (χ4v) is 0.837. The van der Waals surface area contributed by atoms with Crippen molar-refractivity contribution >= 4 is 6.08 Å². The Labute approximate surface area is 70.9 Å². The van der Waals surface area contributed by atoms with Crippen molar-refractivity contribution in [2.24, 2.45) is 5.84 Å². The van der Waals surface area contributed by atoms with Gasteiger partial charge in [-0.05, 0) is 17.7 Å². The molecule has 0 spiro atoms. The van der Waals surface area contributed by atoms with Crippen molar-refractivity contribution in [2.75, 3.05) is 6.54 Å². The fraction of sp³-hybridized carbons (Fsp3) is 0.111. The van der Waals surface area contributed by atoms with Gasteiger partial charge in [0.2, 0.25) is 0 Å². The molecule has 0 aliphatic heterocycles. The van der Waals surface area contributed by atoms with E-state index >= 15 is 0 Å². The zero-order valence-corrected chi connectivity index (χ0v) is 6.63. The Kier molecular flexibility index (Phi) is 3.44. The Morgan fingerprint density at radius 1 is 1.33 bits per heavy atom. The van der Waals surface area contributed by atoms with Crippen LogP contribution in [0.15, 0.2) is 30.3 Å². The summed E-state index contributed by atoms with van der Waals surface area (Å²) in [5, 5.41) is 0. The topological polar surface area (TPSA) is 38.0 Å². The van der Waals surface area contributed by atoms with Crippen LogP contribution in [0, 0.1) is 5.82 Å². The van der Waals surface area contributed by atoms with Crippen LogP contribution in [0.4, 0.5) is 4.39 Å². The lowest BCUT2D eigenvalue weighted by Gasteiger charge is -1.92. The van der Waals surface area contributed by atoms with Gasteiger partial charge in [-0.25, -0.2) is 4.39 Å². The van der Waals surface area contributed by atoms with E-state index in [4.69, 9.17) is 5.84 Å². The molecule has 2 nitrogen and oxygen atoms in total. The minimum Gasteiger partial charge on any atom is -0.271 e. The van der Waals surface area contributed by atoms with E-state index in [2.05, 4.69) is 5.43 Å². The molecule has 3 heteroatoms. The second-order valence-corrected chi connectivity index (χ2v) is 2.36. The van der Waals surface area contributed by atoms with Crippen LogP contribution >= 0.6 is 0 Å². The summed E-state index contributed by atoms with van der Waals surface area (Å²) in [6.45, 7) is 0.609. The second kappa shape index (κ2) is 4.64. The Balaban J connectivity index is 2.58. The predicted octanol–water partition coefficient (Wildman–Crippen LogP) is 1.30. The van der Waals surface area contributed by atoms with E-state index in [1.54, 1.807) is 12.1 Å². The molecule has 3 N–H and O–H groups in total. The molecule has 0 saturated heterocycles. The molecule has 0 fully saturated rings. The lowest BCUT2D eigenvalue weighted by Crippen LogP contribution is -2.21. The van der Waals surface area contributed by atoms with Gasteiger partial charge in [-0.2, -0.15) is 0 Å². The number of nitrogens with one attached hydrogen (secondary N) is 1. The third kappa shape index (κ3) is 2.82. The summed E-state index contributed by atoms with van der Waals surface area (Å²) in [5.74, 6) is 4.84. The third-order valence-corrected chi connectivity index (χ3v) is 1.42. The number of hydrogen-bond acceptors (Lipinski definition) is 2. The van der Waals surface area contributed by atoms with Gasteiger partial charge < -0.3 is 0 Å². The van der Waals surface area contributed by atoms with Gasteiger partial charge in [-0.15, -0.1) is 0 Å². The maximum atomic E-state index is 12.4. The highest BCUT2D eigenvalue weighted by Crippen LogP contribution is 2.03. The number of hydrazine groups is 1. The van der Waals surface area contributed by atoms with Crippen LogP contribution in [0.5, 0.6) is 0 Å².